The molecule has 0 fully saturated rings. The van der Waals surface area contributed by atoms with Gasteiger partial charge in [0.25, 0.3) is 0 Å². The van der Waals surface area contributed by atoms with E-state index in [2.05, 4.69) is 31.2 Å². The van der Waals surface area contributed by atoms with Crippen molar-refractivity contribution in [3.8, 4) is 0 Å². The molecule has 0 aliphatic heterocycles. The number of benzene rings is 2. The Labute approximate surface area is 167 Å². The van der Waals surface area contributed by atoms with Crippen LogP contribution in [0.3, 0.4) is 0 Å². The van der Waals surface area contributed by atoms with Gasteiger partial charge in [-0.15, -0.1) is 0 Å². The molecule has 0 N–H and O–H groups in total. The van der Waals surface area contributed by atoms with E-state index in [0.29, 0.717) is 19.6 Å². The van der Waals surface area contributed by atoms with Crippen LogP contribution in [0, 0.1) is 10.5 Å². The molecule has 148 valence electrons. The molecular formula is C19H21BF5IO. The van der Waals surface area contributed by atoms with Gasteiger partial charge >= 0.3 is 28.5 Å². The molecule has 0 unspecified atom stereocenters. The van der Waals surface area contributed by atoms with Crippen LogP contribution in [-0.4, -0.2) is 13.9 Å². The third kappa shape index (κ3) is 14.3. The molecule has 0 amide bonds. The molecular weight excluding hydrogens is 477 g/mol. The summed E-state index contributed by atoms with van der Waals surface area (Å²) in [7, 11) is -6.00. The molecule has 0 spiro atoms. The van der Waals surface area contributed by atoms with Crippen LogP contribution >= 0.6 is 0 Å². The maximum absolute atomic E-state index is 13.8. The average Bonchev–Trinajstić information content (AvgIpc) is 2.60. The first kappa shape index (κ1) is 23.6. The van der Waals surface area contributed by atoms with E-state index in [4.69, 9.17) is 4.74 Å². The summed E-state index contributed by atoms with van der Waals surface area (Å²) < 4.78 is 61.3. The maximum Gasteiger partial charge on any atom is 0.673 e. The number of hydrogen-bond donors (Lipinski definition) is 0. The van der Waals surface area contributed by atoms with Crippen molar-refractivity contribution in [1.82, 2.24) is 0 Å². The van der Waals surface area contributed by atoms with Gasteiger partial charge in [-0.1, -0.05) is 48.0 Å². The summed E-state index contributed by atoms with van der Waals surface area (Å²) in [6, 6.07) is 18.4. The Morgan fingerprint density at radius 3 is 2.19 bits per heavy atom. The summed E-state index contributed by atoms with van der Waals surface area (Å²) in [5.74, 6) is -0.00307. The molecule has 0 heterocycles. The highest BCUT2D eigenvalue weighted by Gasteiger charge is 2.20. The second-order valence-electron chi connectivity index (χ2n) is 5.60. The number of hydrogen-bond acceptors (Lipinski definition) is 1. The van der Waals surface area contributed by atoms with E-state index in [-0.39, 0.29) is 27.0 Å². The van der Waals surface area contributed by atoms with Crippen molar-refractivity contribution in [3.63, 3.8) is 0 Å². The summed E-state index contributed by atoms with van der Waals surface area (Å²) in [4.78, 5) is 0. The highest BCUT2D eigenvalue weighted by atomic mass is 127. The van der Waals surface area contributed by atoms with Crippen molar-refractivity contribution in [1.29, 1.82) is 0 Å². The molecule has 0 aromatic heterocycles. The van der Waals surface area contributed by atoms with Gasteiger partial charge in [0.2, 0.25) is 0 Å². The lowest BCUT2D eigenvalue weighted by Crippen LogP contribution is -3.59. The van der Waals surface area contributed by atoms with Gasteiger partial charge in [0.05, 0.1) is 6.61 Å². The predicted octanol–water partition coefficient (Wildman–Crippen LogP) is 3.36. The minimum atomic E-state index is -6.00. The van der Waals surface area contributed by atoms with Crippen molar-refractivity contribution in [3.05, 3.63) is 79.2 Å². The lowest BCUT2D eigenvalue weighted by atomic mass is 10.2. The highest BCUT2D eigenvalue weighted by molar-refractivity contribution is 6.50. The number of aryl methyl sites for hydroxylation is 1. The van der Waals surface area contributed by atoms with Crippen molar-refractivity contribution < 1.29 is 47.6 Å². The van der Waals surface area contributed by atoms with Crippen LogP contribution in [0.1, 0.15) is 24.0 Å². The second-order valence-corrected chi connectivity index (χ2v) is 8.09. The molecule has 0 saturated carbocycles. The molecule has 0 saturated heterocycles. The minimum Gasteiger partial charge on any atom is -0.418 e. The molecule has 0 aliphatic carbocycles. The average molecular weight is 498 g/mol. The molecule has 2 rings (SSSR count). The molecule has 8 heteroatoms. The van der Waals surface area contributed by atoms with Crippen LogP contribution in [0.2, 0.25) is 0 Å². The van der Waals surface area contributed by atoms with E-state index in [1.54, 1.807) is 4.08 Å². The van der Waals surface area contributed by atoms with Crippen LogP contribution in [0.5, 0.6) is 0 Å². The minimum absolute atomic E-state index is 0.00307. The van der Waals surface area contributed by atoms with Gasteiger partial charge in [-0.3, -0.25) is 0 Å². The fraction of sp³-hybridized carbons (Fsp3) is 0.263. The van der Waals surface area contributed by atoms with Crippen molar-refractivity contribution in [2.45, 2.75) is 26.4 Å². The summed E-state index contributed by atoms with van der Waals surface area (Å²) in [6.07, 6.45) is 1.20. The Morgan fingerprint density at radius 1 is 1.00 bits per heavy atom. The third-order valence-corrected chi connectivity index (χ3v) is 5.55. The van der Waals surface area contributed by atoms with E-state index in [1.165, 1.54) is 9.13 Å². The van der Waals surface area contributed by atoms with E-state index in [0.717, 1.165) is 12.0 Å². The van der Waals surface area contributed by atoms with Crippen LogP contribution in [0.4, 0.5) is 21.7 Å². The van der Waals surface area contributed by atoms with Crippen molar-refractivity contribution in [2.75, 3.05) is 6.61 Å². The molecule has 2 aromatic carbocycles. The Kier molecular flexibility index (Phi) is 11.3. The fourth-order valence-electron chi connectivity index (χ4n) is 1.89. The molecule has 2 aromatic rings. The monoisotopic (exact) mass is 498 g/mol. The number of rotatable bonds is 8. The van der Waals surface area contributed by atoms with E-state index < -0.39 is 7.25 Å². The van der Waals surface area contributed by atoms with Crippen LogP contribution in [0.15, 0.2) is 64.5 Å². The zero-order chi connectivity index (χ0) is 20.1. The van der Waals surface area contributed by atoms with Gasteiger partial charge in [-0.05, 0) is 31.0 Å². The zero-order valence-electron chi connectivity index (χ0n) is 14.9. The normalized spacial score (nSPS) is 11.7. The van der Waals surface area contributed by atoms with Crippen molar-refractivity contribution >= 4 is 7.25 Å². The fourth-order valence-corrected chi connectivity index (χ4v) is 3.67. The lowest BCUT2D eigenvalue weighted by Gasteiger charge is -2.03. The first-order valence-electron chi connectivity index (χ1n) is 8.27. The molecule has 1 nitrogen and oxygen atoms in total. The van der Waals surface area contributed by atoms with Gasteiger partial charge in [0.15, 0.2) is 7.65 Å². The molecule has 0 bridgehead atoms. The van der Waals surface area contributed by atoms with Crippen LogP contribution in [0.25, 0.3) is 0 Å². The van der Waals surface area contributed by atoms with E-state index in [1.807, 2.05) is 30.3 Å². The number of allylic oxidation sites excluding steroid dienone is 1. The maximum atomic E-state index is 13.8. The SMILES string of the molecule is Cc1ccc([I+]/C=C(\F)CCCOCc2ccccc2)cc1.F[B-](F)(F)F. The quantitative estimate of drug-likeness (QED) is 0.235. The van der Waals surface area contributed by atoms with Gasteiger partial charge in [-0.25, -0.2) is 4.39 Å². The Morgan fingerprint density at radius 2 is 1.59 bits per heavy atom. The van der Waals surface area contributed by atoms with E-state index in [9.17, 15) is 21.7 Å². The van der Waals surface area contributed by atoms with Crippen LogP contribution in [-0.2, 0) is 11.3 Å². The van der Waals surface area contributed by atoms with Gasteiger partial charge in [-0.2, -0.15) is 0 Å². The number of halogens is 6. The van der Waals surface area contributed by atoms with Crippen molar-refractivity contribution in [2.24, 2.45) is 0 Å². The molecule has 0 radical (unpaired) electrons. The molecule has 0 aliphatic rings. The smallest absolute Gasteiger partial charge is 0.418 e. The standard InChI is InChI=1S/C19H21FIO.BF4/c1-16-9-11-19(12-10-16)21-14-18(20)8-5-13-22-15-17-6-3-2-4-7-17;2-1(3,4)5/h2-4,6-7,9-12,14H,5,8,13,15H2,1H3;/q+1;-1/b18-14-;. The Bertz CT molecular complexity index is 669. The van der Waals surface area contributed by atoms with Crippen LogP contribution < -0.4 is 21.2 Å². The molecule has 27 heavy (non-hydrogen) atoms. The first-order valence-corrected chi connectivity index (χ1v) is 10.6. The number of ether oxygens (including phenoxy) is 1. The zero-order valence-corrected chi connectivity index (χ0v) is 17.0. The Balaban J connectivity index is 0.000000646. The first-order chi connectivity index (χ1) is 12.7. The van der Waals surface area contributed by atoms with Gasteiger partial charge in [0, 0.05) is 13.0 Å². The largest absolute Gasteiger partial charge is 0.673 e. The Hall–Kier alpha value is -1.42. The second kappa shape index (κ2) is 12.9. The third-order valence-electron chi connectivity index (χ3n) is 3.13. The summed E-state index contributed by atoms with van der Waals surface area (Å²) >= 11 is -0.367. The topological polar surface area (TPSA) is 9.23 Å². The highest BCUT2D eigenvalue weighted by Crippen LogP contribution is 2.07. The summed E-state index contributed by atoms with van der Waals surface area (Å²) in [5, 5.41) is 0. The summed E-state index contributed by atoms with van der Waals surface area (Å²) in [6.45, 7) is 3.26. The van der Waals surface area contributed by atoms with E-state index >= 15 is 0 Å². The molecule has 0 atom stereocenters. The van der Waals surface area contributed by atoms with Gasteiger partial charge in [0.1, 0.15) is 5.83 Å². The summed E-state index contributed by atoms with van der Waals surface area (Å²) in [5.41, 5.74) is 2.40. The van der Waals surface area contributed by atoms with Gasteiger partial charge < -0.3 is 22.0 Å². The lowest BCUT2D eigenvalue weighted by molar-refractivity contribution is -0.558. The predicted molar refractivity (Wildman–Crippen MR) is 94.6 cm³/mol.